The zero-order valence-electron chi connectivity index (χ0n) is 25.4. The van der Waals surface area contributed by atoms with Crippen LogP contribution in [0.2, 0.25) is 0 Å². The summed E-state index contributed by atoms with van der Waals surface area (Å²) in [5, 5.41) is 32.6. The van der Waals surface area contributed by atoms with Crippen molar-refractivity contribution in [2.24, 2.45) is 17.8 Å². The number of phenolic OH excluding ortho intramolecular Hbond substituents is 1. The molecule has 0 aromatic heterocycles. The number of rotatable bonds is 11. The molecule has 3 aliphatic rings. The highest BCUT2D eigenvalue weighted by molar-refractivity contribution is 14.1. The van der Waals surface area contributed by atoms with Crippen LogP contribution in [-0.2, 0) is 9.59 Å². The number of amides is 2. The van der Waals surface area contributed by atoms with Crippen molar-refractivity contribution in [1.82, 2.24) is 4.90 Å². The zero-order valence-corrected chi connectivity index (χ0v) is 27.5. The predicted octanol–water partition coefficient (Wildman–Crippen LogP) is 5.87. The average molecular weight is 716 g/mol. The lowest BCUT2D eigenvalue weighted by Gasteiger charge is -2.36. The van der Waals surface area contributed by atoms with E-state index in [2.05, 4.69) is 22.6 Å². The van der Waals surface area contributed by atoms with Gasteiger partial charge in [0.2, 0.25) is 11.8 Å². The molecule has 5 rings (SSSR count). The summed E-state index contributed by atoms with van der Waals surface area (Å²) in [5.74, 6) is -1.07. The second-order valence-electron chi connectivity index (χ2n) is 12.2. The van der Waals surface area contributed by atoms with Crippen molar-refractivity contribution >= 4 is 40.5 Å². The maximum absolute atomic E-state index is 13.9. The van der Waals surface area contributed by atoms with Crippen molar-refractivity contribution in [2.75, 3.05) is 20.3 Å². The van der Waals surface area contributed by atoms with E-state index in [0.29, 0.717) is 39.9 Å². The molecule has 1 saturated heterocycles. The Morgan fingerprint density at radius 3 is 2.52 bits per heavy atom. The Hall–Kier alpha value is -2.89. The minimum atomic E-state index is -0.924. The van der Waals surface area contributed by atoms with E-state index in [1.807, 2.05) is 49.4 Å². The van der Waals surface area contributed by atoms with Gasteiger partial charge in [0.25, 0.3) is 0 Å². The van der Waals surface area contributed by atoms with E-state index in [1.54, 1.807) is 6.07 Å². The Kier molecular flexibility index (Phi) is 10.7. The van der Waals surface area contributed by atoms with Gasteiger partial charge in [0.1, 0.15) is 12.4 Å². The molecule has 0 bridgehead atoms. The molecular weight excluding hydrogens is 673 g/mol. The first-order chi connectivity index (χ1) is 21.2. The number of aliphatic hydroxyl groups excluding tert-OH is 2. The van der Waals surface area contributed by atoms with Crippen LogP contribution in [0.1, 0.15) is 63.9 Å². The van der Waals surface area contributed by atoms with Crippen LogP contribution in [0.3, 0.4) is 0 Å². The first kappa shape index (κ1) is 32.5. The molecule has 2 fully saturated rings. The highest BCUT2D eigenvalue weighted by Gasteiger charge is 2.56. The standard InChI is InChI=1S/C35H42INO7/c1-21(15-22-16-28(36)33(40)30(17-22)43-2)13-14-29(39)31-23(20-44-25-11-7-4-8-12-25)18-26-32(27(31)19-38)35(42)37(34(26)41)24-9-5-3-6-10-24/h4,7-8,11-12,15-17,24,26-27,29,32,38-40H,3,5-6,9-10,13-14,18-20H2,1-2H3/b21-15+/t26-,27+,29-,32-/m1/s1. The van der Waals surface area contributed by atoms with E-state index in [1.165, 1.54) is 12.0 Å². The molecule has 1 aliphatic heterocycles. The molecule has 1 heterocycles. The Morgan fingerprint density at radius 2 is 1.84 bits per heavy atom. The summed E-state index contributed by atoms with van der Waals surface area (Å²) < 4.78 is 12.1. The van der Waals surface area contributed by atoms with Gasteiger partial charge in [-0.05, 0) is 103 Å². The van der Waals surface area contributed by atoms with Crippen LogP contribution in [0.5, 0.6) is 17.2 Å². The summed E-state index contributed by atoms with van der Waals surface area (Å²) in [6.45, 7) is 1.82. The molecule has 8 nitrogen and oxygen atoms in total. The fourth-order valence-corrected chi connectivity index (χ4v) is 7.84. The summed E-state index contributed by atoms with van der Waals surface area (Å²) in [4.78, 5) is 29.1. The van der Waals surface area contributed by atoms with Gasteiger partial charge in [-0.3, -0.25) is 14.5 Å². The van der Waals surface area contributed by atoms with Crippen molar-refractivity contribution in [1.29, 1.82) is 0 Å². The number of fused-ring (bicyclic) bond motifs is 1. The highest BCUT2D eigenvalue weighted by Crippen LogP contribution is 2.47. The number of halogens is 1. The SMILES string of the molecule is COc1cc(/C=C(\C)CC[C@@H](O)C2=C(COc3ccccc3)C[C@H]3C(=O)N(C4CCCCC4)C(=O)[C@H]3[C@H]2CO)cc(I)c1O. The Bertz CT molecular complexity index is 1420. The minimum absolute atomic E-state index is 0.0829. The number of carbonyl (C=O) groups is 2. The molecule has 4 atom stereocenters. The van der Waals surface area contributed by atoms with E-state index in [-0.39, 0.29) is 36.8 Å². The summed E-state index contributed by atoms with van der Waals surface area (Å²) in [6.07, 6.45) is 7.10. The molecule has 0 radical (unpaired) electrons. The number of imide groups is 1. The third kappa shape index (κ3) is 6.84. The quantitative estimate of drug-likeness (QED) is 0.152. The molecule has 2 aromatic carbocycles. The largest absolute Gasteiger partial charge is 0.504 e. The zero-order chi connectivity index (χ0) is 31.4. The number of likely N-dealkylation sites (tertiary alicyclic amines) is 1. The van der Waals surface area contributed by atoms with E-state index in [0.717, 1.165) is 48.8 Å². The average Bonchev–Trinajstić information content (AvgIpc) is 3.29. The van der Waals surface area contributed by atoms with Crippen LogP contribution >= 0.6 is 22.6 Å². The van der Waals surface area contributed by atoms with Crippen molar-refractivity contribution in [3.8, 4) is 17.2 Å². The van der Waals surface area contributed by atoms with Gasteiger partial charge >= 0.3 is 0 Å². The summed E-state index contributed by atoms with van der Waals surface area (Å²) in [5.41, 5.74) is 3.30. The normalized spacial score (nSPS) is 23.6. The smallest absolute Gasteiger partial charge is 0.234 e. The van der Waals surface area contributed by atoms with Crippen LogP contribution < -0.4 is 9.47 Å². The molecule has 9 heteroatoms. The Balaban J connectivity index is 1.40. The molecule has 2 aliphatic carbocycles. The van der Waals surface area contributed by atoms with Crippen molar-refractivity contribution in [2.45, 2.75) is 70.4 Å². The monoisotopic (exact) mass is 715 g/mol. The topological polar surface area (TPSA) is 117 Å². The van der Waals surface area contributed by atoms with Crippen molar-refractivity contribution in [3.05, 3.63) is 68.3 Å². The van der Waals surface area contributed by atoms with Gasteiger partial charge in [-0.15, -0.1) is 0 Å². The van der Waals surface area contributed by atoms with E-state index >= 15 is 0 Å². The summed E-state index contributed by atoms with van der Waals surface area (Å²) >= 11 is 2.06. The fraction of sp³-hybridized carbons (Fsp3) is 0.486. The van der Waals surface area contributed by atoms with Gasteiger partial charge in [0.15, 0.2) is 11.5 Å². The number of hydrogen-bond acceptors (Lipinski definition) is 7. The van der Waals surface area contributed by atoms with E-state index in [4.69, 9.17) is 9.47 Å². The fourth-order valence-electron chi connectivity index (χ4n) is 7.21. The van der Waals surface area contributed by atoms with Gasteiger partial charge in [-0.1, -0.05) is 49.1 Å². The number of ether oxygens (including phenoxy) is 2. The van der Waals surface area contributed by atoms with Gasteiger partial charge < -0.3 is 24.8 Å². The molecule has 0 spiro atoms. The summed E-state index contributed by atoms with van der Waals surface area (Å²) in [6, 6.07) is 12.9. The summed E-state index contributed by atoms with van der Waals surface area (Å²) in [7, 11) is 1.51. The maximum Gasteiger partial charge on any atom is 0.234 e. The highest BCUT2D eigenvalue weighted by atomic mass is 127. The third-order valence-corrected chi connectivity index (χ3v) is 10.2. The Labute approximate surface area is 272 Å². The number of aliphatic hydroxyl groups is 2. The number of carbonyl (C=O) groups excluding carboxylic acids is 2. The van der Waals surface area contributed by atoms with Crippen LogP contribution in [0.15, 0.2) is 59.2 Å². The Morgan fingerprint density at radius 1 is 1.11 bits per heavy atom. The molecule has 236 valence electrons. The molecule has 2 aromatic rings. The minimum Gasteiger partial charge on any atom is -0.504 e. The number of nitrogens with zero attached hydrogens (tertiary/aromatic N) is 1. The molecule has 44 heavy (non-hydrogen) atoms. The molecular formula is C35H42INO7. The number of phenols is 1. The van der Waals surface area contributed by atoms with Crippen LogP contribution in [0.4, 0.5) is 0 Å². The second-order valence-corrected chi connectivity index (χ2v) is 13.4. The lowest BCUT2D eigenvalue weighted by atomic mass is 9.68. The van der Waals surface area contributed by atoms with E-state index < -0.39 is 23.9 Å². The van der Waals surface area contributed by atoms with Gasteiger partial charge in [-0.2, -0.15) is 0 Å². The number of methoxy groups -OCH3 is 1. The van der Waals surface area contributed by atoms with Gasteiger partial charge in [-0.25, -0.2) is 0 Å². The number of hydrogen-bond donors (Lipinski definition) is 3. The predicted molar refractivity (Wildman–Crippen MR) is 176 cm³/mol. The first-order valence-electron chi connectivity index (χ1n) is 15.5. The molecule has 2 amide bonds. The van der Waals surface area contributed by atoms with Crippen molar-refractivity contribution in [3.63, 3.8) is 0 Å². The van der Waals surface area contributed by atoms with Crippen LogP contribution in [0.25, 0.3) is 6.08 Å². The van der Waals surface area contributed by atoms with Gasteiger partial charge in [0, 0.05) is 12.0 Å². The molecule has 0 unspecified atom stereocenters. The second kappa shape index (κ2) is 14.5. The maximum atomic E-state index is 13.9. The first-order valence-corrected chi connectivity index (χ1v) is 16.6. The van der Waals surface area contributed by atoms with Crippen LogP contribution in [0, 0.1) is 21.3 Å². The number of para-hydroxylation sites is 1. The lowest BCUT2D eigenvalue weighted by molar-refractivity contribution is -0.143. The number of allylic oxidation sites excluding steroid dienone is 1. The van der Waals surface area contributed by atoms with Crippen molar-refractivity contribution < 1.29 is 34.4 Å². The number of benzene rings is 2. The third-order valence-electron chi connectivity index (χ3n) is 9.37. The number of aromatic hydroxyl groups is 1. The lowest BCUT2D eigenvalue weighted by Crippen LogP contribution is -2.42. The molecule has 1 saturated carbocycles. The van der Waals surface area contributed by atoms with Crippen LogP contribution in [-0.4, -0.2) is 64.5 Å². The van der Waals surface area contributed by atoms with E-state index in [9.17, 15) is 24.9 Å². The van der Waals surface area contributed by atoms with Gasteiger partial charge in [0.05, 0.1) is 35.2 Å². The molecule has 3 N–H and O–H groups in total.